The number of rotatable bonds is 14. The van der Waals surface area contributed by atoms with Crippen LogP contribution in [0.15, 0.2) is 66.0 Å². The monoisotopic (exact) mass is 579 g/mol. The van der Waals surface area contributed by atoms with Gasteiger partial charge in [0.15, 0.2) is 11.5 Å². The highest BCUT2D eigenvalue weighted by molar-refractivity contribution is 7.09. The molecule has 0 fully saturated rings. The number of hydrogen-bond donors (Lipinski definition) is 2. The van der Waals surface area contributed by atoms with Crippen molar-refractivity contribution in [3.63, 3.8) is 0 Å². The molecule has 2 aromatic carbocycles. The maximum Gasteiger partial charge on any atom is 0.315 e. The van der Waals surface area contributed by atoms with Gasteiger partial charge in [-0.25, -0.2) is 4.79 Å². The lowest BCUT2D eigenvalue weighted by atomic mass is 10.0. The fourth-order valence-electron chi connectivity index (χ4n) is 4.67. The zero-order valence-electron chi connectivity index (χ0n) is 23.5. The second kappa shape index (κ2) is 15.1. The number of ether oxygens (including phenoxy) is 3. The highest BCUT2D eigenvalue weighted by Crippen LogP contribution is 2.35. The first kappa shape index (κ1) is 29.9. The maximum absolute atomic E-state index is 14.0. The van der Waals surface area contributed by atoms with E-state index in [4.69, 9.17) is 14.2 Å². The minimum Gasteiger partial charge on any atom is -0.469 e. The number of amides is 3. The maximum atomic E-state index is 14.0. The highest BCUT2D eigenvalue weighted by atomic mass is 32.1. The fourth-order valence-corrected chi connectivity index (χ4v) is 5.39. The SMILES string of the molecule is CCCCC[C@H](NC(=O)N[C@@H](CC(=O)OC)c1ccc2c(c1)OCO2)C(=O)N(Cc1ccccc1)Cc1cccs1. The summed E-state index contributed by atoms with van der Waals surface area (Å²) in [5.74, 6) is 0.507. The molecule has 0 saturated carbocycles. The molecule has 0 bridgehead atoms. The molecular weight excluding hydrogens is 542 g/mol. The molecule has 2 N–H and O–H groups in total. The van der Waals surface area contributed by atoms with Crippen molar-refractivity contribution in [2.45, 2.75) is 64.2 Å². The molecule has 1 aromatic heterocycles. The molecule has 2 atom stereocenters. The molecule has 2 heterocycles. The van der Waals surface area contributed by atoms with Crippen LogP contribution in [0.25, 0.3) is 0 Å². The topological polar surface area (TPSA) is 106 Å². The lowest BCUT2D eigenvalue weighted by Gasteiger charge is -2.29. The molecule has 10 heteroatoms. The van der Waals surface area contributed by atoms with Gasteiger partial charge >= 0.3 is 12.0 Å². The van der Waals surface area contributed by atoms with Crippen molar-refractivity contribution in [2.75, 3.05) is 13.9 Å². The number of esters is 1. The third-order valence-electron chi connectivity index (χ3n) is 6.86. The van der Waals surface area contributed by atoms with Crippen molar-refractivity contribution in [1.29, 1.82) is 0 Å². The average molecular weight is 580 g/mol. The van der Waals surface area contributed by atoms with Gasteiger partial charge in [0.25, 0.3) is 0 Å². The summed E-state index contributed by atoms with van der Waals surface area (Å²) in [6.07, 6.45) is 3.14. The molecule has 0 unspecified atom stereocenters. The summed E-state index contributed by atoms with van der Waals surface area (Å²) in [6, 6.07) is 17.1. The van der Waals surface area contributed by atoms with Crippen molar-refractivity contribution < 1.29 is 28.6 Å². The third kappa shape index (κ3) is 8.72. The number of hydrogen-bond acceptors (Lipinski definition) is 7. The average Bonchev–Trinajstić information content (AvgIpc) is 3.68. The molecule has 3 aromatic rings. The minimum absolute atomic E-state index is 0.0868. The molecule has 0 aliphatic carbocycles. The zero-order valence-corrected chi connectivity index (χ0v) is 24.3. The fraction of sp³-hybridized carbons (Fsp3) is 0.387. The van der Waals surface area contributed by atoms with E-state index in [1.165, 1.54) is 7.11 Å². The number of nitrogens with one attached hydrogen (secondary N) is 2. The highest BCUT2D eigenvalue weighted by Gasteiger charge is 2.28. The number of unbranched alkanes of at least 4 members (excludes halogenated alkanes) is 2. The smallest absolute Gasteiger partial charge is 0.315 e. The standard InChI is InChI=1S/C31H37N3O6S/c1-3-4-6-13-25(30(36)34(20-24-12-9-16-41-24)19-22-10-7-5-8-11-22)32-31(37)33-26(18-29(35)38-2)23-14-15-27-28(17-23)40-21-39-27/h5,7-12,14-17,25-26H,3-4,6,13,18-21H2,1-2H3,(H2,32,33,37)/t25-,26-/m0/s1. The van der Waals surface area contributed by atoms with Crippen LogP contribution in [-0.2, 0) is 27.4 Å². The molecule has 1 aliphatic rings. The molecule has 218 valence electrons. The van der Waals surface area contributed by atoms with Crippen molar-refractivity contribution in [3.8, 4) is 11.5 Å². The second-order valence-corrected chi connectivity index (χ2v) is 10.9. The summed E-state index contributed by atoms with van der Waals surface area (Å²) in [5, 5.41) is 7.79. The number of carbonyl (C=O) groups excluding carboxylic acids is 3. The number of benzene rings is 2. The van der Waals surface area contributed by atoms with E-state index in [0.29, 0.717) is 36.6 Å². The molecule has 1 aliphatic heterocycles. The summed E-state index contributed by atoms with van der Waals surface area (Å²) in [7, 11) is 1.30. The van der Waals surface area contributed by atoms with Crippen LogP contribution in [0, 0.1) is 0 Å². The Morgan fingerprint density at radius 3 is 2.51 bits per heavy atom. The van der Waals surface area contributed by atoms with Crippen LogP contribution >= 0.6 is 11.3 Å². The summed E-state index contributed by atoms with van der Waals surface area (Å²) in [6.45, 7) is 3.08. The van der Waals surface area contributed by atoms with Gasteiger partial charge in [-0.15, -0.1) is 11.3 Å². The lowest BCUT2D eigenvalue weighted by molar-refractivity contribution is -0.141. The molecule has 4 rings (SSSR count). The van der Waals surface area contributed by atoms with E-state index in [9.17, 15) is 14.4 Å². The zero-order chi connectivity index (χ0) is 29.0. The van der Waals surface area contributed by atoms with Crippen LogP contribution in [0.1, 0.15) is 61.1 Å². The Balaban J connectivity index is 1.52. The largest absolute Gasteiger partial charge is 0.469 e. The Kier molecular flexibility index (Phi) is 11.0. The molecule has 0 radical (unpaired) electrons. The van der Waals surface area contributed by atoms with Gasteiger partial charge in [-0.2, -0.15) is 0 Å². The normalized spacial score (nSPS) is 13.2. The summed E-state index contributed by atoms with van der Waals surface area (Å²) in [5.41, 5.74) is 1.67. The van der Waals surface area contributed by atoms with Gasteiger partial charge in [0, 0.05) is 11.4 Å². The van der Waals surface area contributed by atoms with Gasteiger partial charge in [0.05, 0.1) is 26.1 Å². The second-order valence-electron chi connectivity index (χ2n) is 9.87. The number of thiophene rings is 1. The Hall–Kier alpha value is -4.05. The molecular formula is C31H37N3O6S. The summed E-state index contributed by atoms with van der Waals surface area (Å²) < 4.78 is 15.7. The van der Waals surface area contributed by atoms with Crippen LogP contribution < -0.4 is 20.1 Å². The molecule has 0 spiro atoms. The first-order chi connectivity index (χ1) is 20.0. The Labute approximate surface area is 244 Å². The molecule has 0 saturated heterocycles. The number of methoxy groups -OCH3 is 1. The molecule has 9 nitrogen and oxygen atoms in total. The Bertz CT molecular complexity index is 1280. The summed E-state index contributed by atoms with van der Waals surface area (Å²) >= 11 is 1.59. The van der Waals surface area contributed by atoms with Crippen LogP contribution in [0.4, 0.5) is 4.79 Å². The van der Waals surface area contributed by atoms with E-state index in [2.05, 4.69) is 17.6 Å². The first-order valence-corrected chi connectivity index (χ1v) is 14.7. The van der Waals surface area contributed by atoms with Crippen LogP contribution in [0.2, 0.25) is 0 Å². The van der Waals surface area contributed by atoms with E-state index in [1.54, 1.807) is 34.4 Å². The van der Waals surface area contributed by atoms with Gasteiger partial charge < -0.3 is 29.7 Å². The van der Waals surface area contributed by atoms with Crippen molar-refractivity contribution in [1.82, 2.24) is 15.5 Å². The van der Waals surface area contributed by atoms with Crippen LogP contribution in [0.5, 0.6) is 11.5 Å². The summed E-state index contributed by atoms with van der Waals surface area (Å²) in [4.78, 5) is 42.4. The first-order valence-electron chi connectivity index (χ1n) is 13.8. The van der Waals surface area contributed by atoms with E-state index in [-0.39, 0.29) is 19.1 Å². The van der Waals surface area contributed by atoms with Crippen molar-refractivity contribution >= 4 is 29.2 Å². The van der Waals surface area contributed by atoms with Gasteiger partial charge in [0.2, 0.25) is 12.7 Å². The third-order valence-corrected chi connectivity index (χ3v) is 7.72. The number of nitrogens with zero attached hydrogens (tertiary/aromatic N) is 1. The predicted molar refractivity (Wildman–Crippen MR) is 157 cm³/mol. The number of urea groups is 1. The van der Waals surface area contributed by atoms with Gasteiger partial charge in [-0.1, -0.05) is 68.7 Å². The quantitative estimate of drug-likeness (QED) is 0.191. The minimum atomic E-state index is -0.735. The van der Waals surface area contributed by atoms with E-state index >= 15 is 0 Å². The Morgan fingerprint density at radius 2 is 1.78 bits per heavy atom. The van der Waals surface area contributed by atoms with Crippen molar-refractivity contribution in [2.24, 2.45) is 0 Å². The number of carbonyl (C=O) groups is 3. The molecule has 3 amide bonds. The van der Waals surface area contributed by atoms with Gasteiger partial charge in [-0.3, -0.25) is 9.59 Å². The van der Waals surface area contributed by atoms with Crippen molar-refractivity contribution in [3.05, 3.63) is 82.0 Å². The van der Waals surface area contributed by atoms with E-state index < -0.39 is 24.1 Å². The number of fused-ring (bicyclic) bond motifs is 1. The van der Waals surface area contributed by atoms with Crippen LogP contribution in [0.3, 0.4) is 0 Å². The van der Waals surface area contributed by atoms with E-state index in [0.717, 1.165) is 29.7 Å². The molecule has 41 heavy (non-hydrogen) atoms. The van der Waals surface area contributed by atoms with E-state index in [1.807, 2.05) is 47.8 Å². The van der Waals surface area contributed by atoms with Gasteiger partial charge in [0.1, 0.15) is 6.04 Å². The van der Waals surface area contributed by atoms with Crippen LogP contribution in [-0.4, -0.2) is 42.8 Å². The lowest BCUT2D eigenvalue weighted by Crippen LogP contribution is -2.51. The predicted octanol–water partition coefficient (Wildman–Crippen LogP) is 5.56. The Morgan fingerprint density at radius 1 is 0.976 bits per heavy atom. The van der Waals surface area contributed by atoms with Gasteiger partial charge in [-0.05, 0) is 41.1 Å².